The molecule has 13 rings (SSSR count). The van der Waals surface area contributed by atoms with Crippen molar-refractivity contribution in [3.8, 4) is 45.6 Å². The van der Waals surface area contributed by atoms with Gasteiger partial charge in [-0.2, -0.15) is 52.7 Å². The molecule has 7 atom stereocenters. The molecule has 1 aliphatic rings. The zero-order valence-corrected chi connectivity index (χ0v) is 69.9. The van der Waals surface area contributed by atoms with Crippen molar-refractivity contribution >= 4 is 143 Å². The highest BCUT2D eigenvalue weighted by Crippen LogP contribution is 2.36. The molecular formula is C78H93Cl4F13N24O6. The highest BCUT2D eigenvalue weighted by Gasteiger charge is 2.39. The van der Waals surface area contributed by atoms with Crippen molar-refractivity contribution in [2.75, 3.05) is 60.2 Å². The number of nitrogens with one attached hydrogen (secondary N) is 11. The van der Waals surface area contributed by atoms with Crippen molar-refractivity contribution in [2.24, 2.45) is 17.8 Å². The van der Waals surface area contributed by atoms with Gasteiger partial charge < -0.3 is 66.8 Å². The summed E-state index contributed by atoms with van der Waals surface area (Å²) >= 11 is 24.1. The Morgan fingerprint density at radius 2 is 0.816 bits per heavy atom. The minimum absolute atomic E-state index is 0. The van der Waals surface area contributed by atoms with Crippen molar-refractivity contribution in [2.45, 2.75) is 129 Å². The second kappa shape index (κ2) is 41.6. The number of hydrogen-bond acceptors (Lipinski definition) is 22. The number of amides is 4. The predicted octanol–water partition coefficient (Wildman–Crippen LogP) is 17.9. The molecule has 680 valence electrons. The number of esters is 1. The predicted molar refractivity (Wildman–Crippen MR) is 456 cm³/mol. The summed E-state index contributed by atoms with van der Waals surface area (Å²) in [5.74, 6) is -4.11. The van der Waals surface area contributed by atoms with Gasteiger partial charge in [-0.25, -0.2) is 69.0 Å². The Balaban J connectivity index is 0.000000446. The first-order valence-corrected chi connectivity index (χ1v) is 39.8. The zero-order chi connectivity index (χ0) is 91.0. The van der Waals surface area contributed by atoms with Gasteiger partial charge in [0.2, 0.25) is 23.6 Å². The third kappa shape index (κ3) is 25.8. The minimum atomic E-state index is -4.56. The molecule has 0 aromatic carbocycles. The van der Waals surface area contributed by atoms with Crippen LogP contribution in [0.2, 0.25) is 20.1 Å². The number of H-pyrrole nitrogens is 4. The highest BCUT2D eigenvalue weighted by atomic mass is 35.5. The second-order valence-electron chi connectivity index (χ2n) is 28.3. The molecule has 13 heterocycles. The number of alkyl halides is 12. The first-order chi connectivity index (χ1) is 59.1. The van der Waals surface area contributed by atoms with E-state index in [0.717, 1.165) is 17.0 Å². The molecule has 12 aromatic heterocycles. The number of fused-ring (bicyclic) bond motifs is 4. The second-order valence-corrected chi connectivity index (χ2v) is 30.0. The molecule has 30 nitrogen and oxygen atoms in total. The average Bonchev–Trinajstić information content (AvgIpc) is 1.28. The Bertz CT molecular complexity index is 5650. The van der Waals surface area contributed by atoms with Crippen molar-refractivity contribution in [1.82, 2.24) is 101 Å². The Hall–Kier alpha value is -12.1. The van der Waals surface area contributed by atoms with Gasteiger partial charge in [0.25, 0.3) is 0 Å². The van der Waals surface area contributed by atoms with E-state index in [4.69, 9.17) is 51.1 Å². The molecule has 47 heteroatoms. The quantitative estimate of drug-likeness (QED) is 0.0168. The van der Waals surface area contributed by atoms with Crippen molar-refractivity contribution < 1.29 is 95.8 Å². The maximum atomic E-state index is 14.4. The number of anilines is 4. The van der Waals surface area contributed by atoms with E-state index in [1.54, 1.807) is 95.8 Å². The average molecular weight is 1850 g/mol. The number of pyridine rings is 4. The number of aromatic nitrogens is 16. The summed E-state index contributed by atoms with van der Waals surface area (Å²) < 4.78 is 170. The van der Waals surface area contributed by atoms with Crippen molar-refractivity contribution in [3.05, 3.63) is 142 Å². The fourth-order valence-corrected chi connectivity index (χ4v) is 13.2. The molecular weight excluding hydrogens is 1760 g/mol. The van der Waals surface area contributed by atoms with Gasteiger partial charge in [-0.1, -0.05) is 107 Å². The van der Waals surface area contributed by atoms with Gasteiger partial charge in [0.15, 0.2) is 34.9 Å². The Labute approximate surface area is 732 Å². The van der Waals surface area contributed by atoms with Crippen LogP contribution in [0.4, 0.5) is 80.3 Å². The summed E-state index contributed by atoms with van der Waals surface area (Å²) in [6.07, 6.45) is 2.16. The molecule has 12 aromatic rings. The monoisotopic (exact) mass is 1850 g/mol. The number of carbonyl (C=O) groups excluding carboxylic acids is 5. The van der Waals surface area contributed by atoms with Crippen LogP contribution in [-0.4, -0.2) is 198 Å². The molecule has 0 bridgehead atoms. The molecule has 0 radical (unpaired) electrons. The first-order valence-electron chi connectivity index (χ1n) is 38.3. The van der Waals surface area contributed by atoms with E-state index in [-0.39, 0.29) is 57.3 Å². The number of halogens is 17. The molecule has 4 amide bonds. The summed E-state index contributed by atoms with van der Waals surface area (Å²) in [7, 11) is 0. The van der Waals surface area contributed by atoms with Gasteiger partial charge in [0.05, 0.1) is 32.9 Å². The van der Waals surface area contributed by atoms with Gasteiger partial charge >= 0.3 is 30.7 Å². The topological polar surface area (TPSA) is 400 Å². The van der Waals surface area contributed by atoms with Crippen LogP contribution in [0.1, 0.15) is 101 Å². The number of nitrogens with zero attached hydrogens (tertiary/aromatic N) is 13. The van der Waals surface area contributed by atoms with Crippen LogP contribution >= 0.6 is 46.4 Å². The maximum Gasteiger partial charge on any atom is 0.405 e. The van der Waals surface area contributed by atoms with Gasteiger partial charge in [-0.3, -0.25) is 19.2 Å². The molecule has 1 aliphatic heterocycles. The first kappa shape index (κ1) is 95.1. The molecule has 1 saturated heterocycles. The summed E-state index contributed by atoms with van der Waals surface area (Å²) in [6, 6.07) is 6.03. The molecule has 11 N–H and O–H groups in total. The van der Waals surface area contributed by atoms with E-state index in [0.29, 0.717) is 138 Å². The lowest BCUT2D eigenvalue weighted by Crippen LogP contribution is -2.46. The summed E-state index contributed by atoms with van der Waals surface area (Å²) in [4.78, 5) is 127. The normalized spacial score (nSPS) is 14.4. The lowest BCUT2D eigenvalue weighted by Gasteiger charge is -2.26. The Morgan fingerprint density at radius 1 is 0.472 bits per heavy atom. The van der Waals surface area contributed by atoms with Gasteiger partial charge in [0, 0.05) is 128 Å². The summed E-state index contributed by atoms with van der Waals surface area (Å²) in [6.45, 7) is 7.03. The van der Waals surface area contributed by atoms with E-state index in [1.807, 2.05) is 35.1 Å². The highest BCUT2D eigenvalue weighted by molar-refractivity contribution is 6.32. The fourth-order valence-electron chi connectivity index (χ4n) is 12.5. The molecule has 0 aliphatic carbocycles. The van der Waals surface area contributed by atoms with E-state index in [9.17, 15) is 81.0 Å². The third-order valence-electron chi connectivity index (χ3n) is 19.3. The van der Waals surface area contributed by atoms with E-state index >= 15 is 0 Å². The third-order valence-corrected chi connectivity index (χ3v) is 20.2. The van der Waals surface area contributed by atoms with Gasteiger partial charge in [-0.15, -0.1) is 0 Å². The SMILES string of the molecule is CCOC(=O)c1cnc(-c2c[nH]c3ncc(Cl)cc23)nc1N1CCC[C@@H]1C(=O)NCC(F)(F)F.CC[C@@H](C)[C@H](Nc1ccnc(-c2c[nH]c3ncc(Cl)cc23)n1)C(=O)NCC(F)(F)F.CC[C@H](C)[C@H](Nc1ccnc(-c2c[nH]c3ncc(Cl)cc23)n1)C(=O)NCC(F)(F)F.CC[C@H](C)[C@H](Nc1nc(-c2c[nH]c3ncc(Cl)cc23)ncc1F)C(=O)NCC(F)(F)F.[HH].[HH].[HH].[HH].[HH].[HH].[HH]. The van der Waals surface area contributed by atoms with Crippen molar-refractivity contribution in [1.29, 1.82) is 0 Å². The van der Waals surface area contributed by atoms with E-state index < -0.39 is 116 Å². The Morgan fingerprint density at radius 3 is 1.18 bits per heavy atom. The van der Waals surface area contributed by atoms with Crippen molar-refractivity contribution in [3.63, 3.8) is 0 Å². The minimum Gasteiger partial charge on any atom is -0.462 e. The summed E-state index contributed by atoms with van der Waals surface area (Å²) in [5.41, 5.74) is 4.66. The van der Waals surface area contributed by atoms with Crippen LogP contribution < -0.4 is 42.1 Å². The number of rotatable bonds is 27. The van der Waals surface area contributed by atoms with E-state index in [2.05, 4.69) is 95.7 Å². The van der Waals surface area contributed by atoms with Crippen LogP contribution in [0, 0.1) is 23.6 Å². The Kier molecular flexibility index (Phi) is 31.6. The number of hydrogen-bond donors (Lipinski definition) is 11. The molecule has 0 spiro atoms. The maximum absolute atomic E-state index is 14.4. The molecule has 1 fully saturated rings. The number of aromatic amines is 4. The lowest BCUT2D eigenvalue weighted by molar-refractivity contribution is -0.139. The van der Waals surface area contributed by atoms with Crippen LogP contribution in [0.15, 0.2) is 111 Å². The van der Waals surface area contributed by atoms with Gasteiger partial charge in [0.1, 0.15) is 96.0 Å². The van der Waals surface area contributed by atoms with Crippen LogP contribution in [0.3, 0.4) is 0 Å². The largest absolute Gasteiger partial charge is 0.462 e. The van der Waals surface area contributed by atoms with Gasteiger partial charge in [-0.05, 0) is 73.9 Å². The van der Waals surface area contributed by atoms with Crippen LogP contribution in [0.5, 0.6) is 0 Å². The molecule has 125 heavy (non-hydrogen) atoms. The fraction of sp³-hybridized carbons (Fsp3) is 0.372. The zero-order valence-electron chi connectivity index (χ0n) is 66.9. The standard InChI is InChI=1S/C21H20ClF3N6O3.C19H19ClF4N6O.2C19H20ClF3N6O.7H2/c1-2-34-20(33)14-9-28-17(13-8-27-16-12(13)6-11(22)7-26-16)30-18(14)31-5-3-4-15(31)19(32)29-10-21(23,24)25;1-3-9(2)14(18(31)28-8-19(22,23)24)29-17-13(21)7-27-16(30-17)12-6-26-15-11(12)4-10(20)5-25-15;2*1-3-10(2)15(18(30)27-9-19(21,22)23)28-14-4-5-24-17(29-14)13-8-26-16-12(13)6-11(20)7-25-16;;;;;;;/h6-9,15H,2-5,10H2,1H3,(H,26,27)(H,29,32);4-7,9,14H,3,8H2,1-2H3,(H,25,26)(H,28,31)(H,27,29,30);2*4-8,10,15H,3,9H2,1-2H3,(H,25,26)(H,27,30)(H,24,28,29);7*1H/t15-;9-,14-;10-,15+;10-,15-;;;;;;;/m1010......./s1. The van der Waals surface area contributed by atoms with Crippen LogP contribution in [-0.2, 0) is 23.9 Å². The lowest BCUT2D eigenvalue weighted by atomic mass is 9.98. The molecule has 0 saturated carbocycles. The number of ether oxygens (including phenoxy) is 1. The summed E-state index contributed by atoms with van der Waals surface area (Å²) in [5, 5.41) is 20.5. The van der Waals surface area contributed by atoms with E-state index in [1.165, 1.54) is 48.3 Å². The number of carbonyl (C=O) groups is 5. The molecule has 0 unspecified atom stereocenters. The van der Waals surface area contributed by atoms with Crippen LogP contribution in [0.25, 0.3) is 89.7 Å². The smallest absolute Gasteiger partial charge is 0.405 e.